The van der Waals surface area contributed by atoms with Crippen LogP contribution >= 0.6 is 0 Å². The Morgan fingerprint density at radius 2 is 1.81 bits per heavy atom. The number of rotatable bonds is 4. The minimum Gasteiger partial charge on any atom is -0.458 e. The van der Waals surface area contributed by atoms with Crippen LogP contribution < -0.4 is 4.74 Å². The molecule has 0 heterocycles. The van der Waals surface area contributed by atoms with Crippen LogP contribution in [-0.2, 0) is 0 Å². The molecule has 0 spiro atoms. The SMILES string of the molecule is C=CC(=CCC)Oc1cc(C)c(C)c(C)c1. The lowest BCUT2D eigenvalue weighted by Gasteiger charge is -2.11. The molecule has 0 saturated heterocycles. The normalized spacial score (nSPS) is 11.4. The number of aryl methyl sites for hydroxylation is 2. The van der Waals surface area contributed by atoms with Gasteiger partial charge in [0.15, 0.2) is 0 Å². The number of ether oxygens (including phenoxy) is 1. The zero-order valence-electron chi connectivity index (χ0n) is 10.6. The topological polar surface area (TPSA) is 9.23 Å². The average Bonchev–Trinajstić information content (AvgIpc) is 2.25. The minimum absolute atomic E-state index is 0.824. The van der Waals surface area contributed by atoms with Crippen molar-refractivity contribution in [3.05, 3.63) is 53.3 Å². The van der Waals surface area contributed by atoms with Gasteiger partial charge < -0.3 is 4.74 Å². The highest BCUT2D eigenvalue weighted by Crippen LogP contribution is 2.22. The molecule has 0 radical (unpaired) electrons. The molecule has 0 N–H and O–H groups in total. The second-order valence-corrected chi connectivity index (χ2v) is 4.00. The Hall–Kier alpha value is -1.50. The van der Waals surface area contributed by atoms with Crippen LogP contribution in [0.4, 0.5) is 0 Å². The van der Waals surface area contributed by atoms with Crippen molar-refractivity contribution in [2.45, 2.75) is 34.1 Å². The largest absolute Gasteiger partial charge is 0.458 e. The van der Waals surface area contributed by atoms with Crippen LogP contribution in [0, 0.1) is 20.8 Å². The van der Waals surface area contributed by atoms with Gasteiger partial charge in [0.05, 0.1) is 0 Å². The molecule has 0 fully saturated rings. The van der Waals surface area contributed by atoms with Gasteiger partial charge in [0.1, 0.15) is 11.5 Å². The van der Waals surface area contributed by atoms with E-state index in [2.05, 4.69) is 46.4 Å². The molecule has 0 atom stereocenters. The zero-order valence-corrected chi connectivity index (χ0v) is 10.6. The van der Waals surface area contributed by atoms with E-state index in [1.807, 2.05) is 6.08 Å². The predicted octanol–water partition coefficient (Wildman–Crippen LogP) is 4.47. The van der Waals surface area contributed by atoms with E-state index in [1.54, 1.807) is 6.08 Å². The van der Waals surface area contributed by atoms with Gasteiger partial charge in [-0.3, -0.25) is 0 Å². The second-order valence-electron chi connectivity index (χ2n) is 4.00. The van der Waals surface area contributed by atoms with E-state index in [0.717, 1.165) is 17.9 Å². The fourth-order valence-electron chi connectivity index (χ4n) is 1.56. The van der Waals surface area contributed by atoms with Crippen molar-refractivity contribution in [2.24, 2.45) is 0 Å². The van der Waals surface area contributed by atoms with E-state index in [-0.39, 0.29) is 0 Å². The molecule has 0 aliphatic heterocycles. The van der Waals surface area contributed by atoms with Crippen LogP contribution in [0.25, 0.3) is 0 Å². The van der Waals surface area contributed by atoms with Gasteiger partial charge in [-0.15, -0.1) is 0 Å². The summed E-state index contributed by atoms with van der Waals surface area (Å²) < 4.78 is 5.76. The van der Waals surface area contributed by atoms with Gasteiger partial charge in [0.2, 0.25) is 0 Å². The molecule has 1 aromatic rings. The van der Waals surface area contributed by atoms with Gasteiger partial charge >= 0.3 is 0 Å². The van der Waals surface area contributed by atoms with Gasteiger partial charge in [-0.05, 0) is 68.2 Å². The lowest BCUT2D eigenvalue weighted by atomic mass is 10.0. The van der Waals surface area contributed by atoms with Gasteiger partial charge in [0.25, 0.3) is 0 Å². The predicted molar refractivity (Wildman–Crippen MR) is 69.9 cm³/mol. The molecule has 16 heavy (non-hydrogen) atoms. The molecule has 0 bridgehead atoms. The first-order valence-corrected chi connectivity index (χ1v) is 5.66. The standard InChI is InChI=1S/C15H20O/c1-6-8-14(7-2)16-15-9-11(3)13(5)12(4)10-15/h7-10H,2,6H2,1,3-5H3. The fourth-order valence-corrected chi connectivity index (χ4v) is 1.56. The highest BCUT2D eigenvalue weighted by Gasteiger charge is 2.02. The van der Waals surface area contributed by atoms with Crippen molar-refractivity contribution >= 4 is 0 Å². The third kappa shape index (κ3) is 2.99. The Bertz CT molecular complexity index is 390. The van der Waals surface area contributed by atoms with Crippen LogP contribution in [0.1, 0.15) is 30.0 Å². The van der Waals surface area contributed by atoms with Crippen molar-refractivity contribution in [3.8, 4) is 5.75 Å². The maximum absolute atomic E-state index is 5.76. The number of allylic oxidation sites excluding steroid dienone is 2. The van der Waals surface area contributed by atoms with E-state index in [9.17, 15) is 0 Å². The fraction of sp³-hybridized carbons (Fsp3) is 0.333. The van der Waals surface area contributed by atoms with Crippen LogP contribution in [-0.4, -0.2) is 0 Å². The zero-order chi connectivity index (χ0) is 12.1. The van der Waals surface area contributed by atoms with Crippen molar-refractivity contribution in [1.29, 1.82) is 0 Å². The van der Waals surface area contributed by atoms with E-state index in [1.165, 1.54) is 16.7 Å². The first-order valence-electron chi connectivity index (χ1n) is 5.66. The highest BCUT2D eigenvalue weighted by molar-refractivity contribution is 5.41. The third-order valence-electron chi connectivity index (χ3n) is 2.74. The van der Waals surface area contributed by atoms with E-state index in [4.69, 9.17) is 4.74 Å². The molecule has 1 rings (SSSR count). The maximum atomic E-state index is 5.76. The van der Waals surface area contributed by atoms with Crippen LogP contribution in [0.5, 0.6) is 5.75 Å². The summed E-state index contributed by atoms with van der Waals surface area (Å²) in [5.41, 5.74) is 3.84. The Morgan fingerprint density at radius 3 is 2.25 bits per heavy atom. The van der Waals surface area contributed by atoms with Gasteiger partial charge in [0, 0.05) is 0 Å². The highest BCUT2D eigenvalue weighted by atomic mass is 16.5. The van der Waals surface area contributed by atoms with Crippen molar-refractivity contribution in [3.63, 3.8) is 0 Å². The van der Waals surface area contributed by atoms with E-state index < -0.39 is 0 Å². The summed E-state index contributed by atoms with van der Waals surface area (Å²) in [6, 6.07) is 4.13. The molecule has 1 nitrogen and oxygen atoms in total. The summed E-state index contributed by atoms with van der Waals surface area (Å²) in [6.07, 6.45) is 4.72. The molecule has 0 unspecified atom stereocenters. The number of hydrogen-bond acceptors (Lipinski definition) is 1. The molecule has 0 saturated carbocycles. The first kappa shape index (κ1) is 12.6. The molecule has 1 aromatic carbocycles. The summed E-state index contributed by atoms with van der Waals surface area (Å²) in [7, 11) is 0. The molecular formula is C15H20O. The third-order valence-corrected chi connectivity index (χ3v) is 2.74. The Morgan fingerprint density at radius 1 is 1.25 bits per heavy atom. The lowest BCUT2D eigenvalue weighted by Crippen LogP contribution is -1.95. The van der Waals surface area contributed by atoms with Crippen molar-refractivity contribution < 1.29 is 4.74 Å². The minimum atomic E-state index is 0.824. The molecule has 0 aliphatic carbocycles. The van der Waals surface area contributed by atoms with E-state index in [0.29, 0.717) is 0 Å². The quantitative estimate of drug-likeness (QED) is 0.533. The maximum Gasteiger partial charge on any atom is 0.127 e. The van der Waals surface area contributed by atoms with Crippen molar-refractivity contribution in [2.75, 3.05) is 0 Å². The first-order chi connectivity index (χ1) is 7.58. The van der Waals surface area contributed by atoms with E-state index >= 15 is 0 Å². The average molecular weight is 216 g/mol. The summed E-state index contributed by atoms with van der Waals surface area (Å²) in [5.74, 6) is 1.71. The molecule has 86 valence electrons. The van der Waals surface area contributed by atoms with Gasteiger partial charge in [-0.1, -0.05) is 13.5 Å². The van der Waals surface area contributed by atoms with Crippen molar-refractivity contribution in [1.82, 2.24) is 0 Å². The van der Waals surface area contributed by atoms with Gasteiger partial charge in [-0.25, -0.2) is 0 Å². The number of hydrogen-bond donors (Lipinski definition) is 0. The summed E-state index contributed by atoms with van der Waals surface area (Å²) >= 11 is 0. The monoisotopic (exact) mass is 216 g/mol. The Balaban J connectivity index is 2.98. The van der Waals surface area contributed by atoms with Crippen LogP contribution in [0.15, 0.2) is 36.6 Å². The van der Waals surface area contributed by atoms with Crippen LogP contribution in [0.3, 0.4) is 0 Å². The lowest BCUT2D eigenvalue weighted by molar-refractivity contribution is 0.441. The molecule has 0 aromatic heterocycles. The molecular weight excluding hydrogens is 196 g/mol. The molecule has 0 amide bonds. The Kier molecular flexibility index (Phi) is 4.36. The second kappa shape index (κ2) is 5.55. The summed E-state index contributed by atoms with van der Waals surface area (Å²) in [6.45, 7) is 12.2. The molecule has 0 aliphatic rings. The number of benzene rings is 1. The summed E-state index contributed by atoms with van der Waals surface area (Å²) in [4.78, 5) is 0. The van der Waals surface area contributed by atoms with Gasteiger partial charge in [-0.2, -0.15) is 0 Å². The Labute approximate surface area is 98.5 Å². The summed E-state index contributed by atoms with van der Waals surface area (Å²) in [5, 5.41) is 0. The van der Waals surface area contributed by atoms with Crippen LogP contribution in [0.2, 0.25) is 0 Å². The smallest absolute Gasteiger partial charge is 0.127 e. The molecule has 1 heteroatoms.